The third-order valence-corrected chi connectivity index (χ3v) is 6.69. The van der Waals surface area contributed by atoms with E-state index in [0.29, 0.717) is 11.2 Å². The molecule has 1 aliphatic rings. The predicted molar refractivity (Wildman–Crippen MR) is 125 cm³/mol. The smallest absolute Gasteiger partial charge is 0.239 e. The van der Waals surface area contributed by atoms with Crippen LogP contribution in [-0.2, 0) is 17.8 Å². The van der Waals surface area contributed by atoms with E-state index in [1.807, 2.05) is 6.07 Å². The molecule has 0 saturated heterocycles. The first-order valence-electron chi connectivity index (χ1n) is 10.5. The van der Waals surface area contributed by atoms with Crippen molar-refractivity contribution in [2.75, 3.05) is 6.54 Å². The zero-order valence-corrected chi connectivity index (χ0v) is 18.7. The number of carbonyl (C=O) groups excluding carboxylic acids is 1. The number of carbonyl (C=O) groups is 1. The molecule has 4 nitrogen and oxygen atoms in total. The zero-order valence-electron chi connectivity index (χ0n) is 17.1. The molecular formula is C23H31N3OS2. The maximum Gasteiger partial charge on any atom is 0.239 e. The zero-order chi connectivity index (χ0) is 20.5. The minimum Gasteiger partial charge on any atom is -0.353 e. The Morgan fingerprint density at radius 3 is 2.66 bits per heavy atom. The number of thiophene rings is 1. The van der Waals surface area contributed by atoms with Crippen molar-refractivity contribution in [2.24, 2.45) is 0 Å². The van der Waals surface area contributed by atoms with Gasteiger partial charge >= 0.3 is 0 Å². The number of aryl methyl sites for hydroxylation is 1. The van der Waals surface area contributed by atoms with Gasteiger partial charge in [-0.25, -0.2) is 0 Å². The van der Waals surface area contributed by atoms with Gasteiger partial charge in [0.15, 0.2) is 5.11 Å². The third kappa shape index (κ3) is 7.12. The first-order chi connectivity index (χ1) is 14.1. The molecule has 0 unspecified atom stereocenters. The first-order valence-corrected chi connectivity index (χ1v) is 11.8. The molecule has 0 spiro atoms. The first kappa shape index (κ1) is 21.8. The number of nitrogens with one attached hydrogen (secondary N) is 2. The van der Waals surface area contributed by atoms with Crippen molar-refractivity contribution in [2.45, 2.75) is 64.1 Å². The average molecular weight is 430 g/mol. The number of amides is 1. The highest BCUT2D eigenvalue weighted by atomic mass is 32.1. The highest BCUT2D eigenvalue weighted by molar-refractivity contribution is 7.80. The molecule has 2 N–H and O–H groups in total. The molecule has 156 valence electrons. The molecule has 1 heterocycles. The van der Waals surface area contributed by atoms with Gasteiger partial charge in [-0.15, -0.1) is 11.3 Å². The molecule has 1 aromatic heterocycles. The Hall–Kier alpha value is -1.92. The number of hydrogen-bond donors (Lipinski definition) is 2. The van der Waals surface area contributed by atoms with Crippen LogP contribution in [0.2, 0.25) is 0 Å². The summed E-state index contributed by atoms with van der Waals surface area (Å²) in [6, 6.07) is 15.2. The fourth-order valence-corrected chi connectivity index (χ4v) is 4.82. The molecule has 1 aliphatic carbocycles. The monoisotopic (exact) mass is 429 g/mol. The second-order valence-corrected chi connectivity index (χ2v) is 9.22. The number of hydrogen-bond acceptors (Lipinski definition) is 3. The molecule has 6 heteroatoms. The van der Waals surface area contributed by atoms with Gasteiger partial charge < -0.3 is 15.5 Å². The Bertz CT molecular complexity index is 758. The van der Waals surface area contributed by atoms with E-state index in [-0.39, 0.29) is 18.5 Å². The van der Waals surface area contributed by atoms with Crippen LogP contribution in [0.5, 0.6) is 0 Å². The molecule has 29 heavy (non-hydrogen) atoms. The van der Waals surface area contributed by atoms with Crippen LogP contribution in [0.25, 0.3) is 0 Å². The summed E-state index contributed by atoms with van der Waals surface area (Å²) in [4.78, 5) is 16.0. The fraction of sp³-hybridized carbons (Fsp3) is 0.478. The molecule has 1 atom stereocenters. The van der Waals surface area contributed by atoms with Crippen molar-refractivity contribution < 1.29 is 4.79 Å². The van der Waals surface area contributed by atoms with Crippen LogP contribution in [0.1, 0.15) is 49.5 Å². The van der Waals surface area contributed by atoms with Gasteiger partial charge in [0.2, 0.25) is 5.91 Å². The highest BCUT2D eigenvalue weighted by Gasteiger charge is 2.25. The largest absolute Gasteiger partial charge is 0.353 e. The fourth-order valence-electron chi connectivity index (χ4n) is 3.84. The lowest BCUT2D eigenvalue weighted by molar-refractivity contribution is -0.120. The molecule has 0 aliphatic heterocycles. The van der Waals surface area contributed by atoms with Crippen molar-refractivity contribution >= 4 is 34.6 Å². The second kappa shape index (κ2) is 11.3. The van der Waals surface area contributed by atoms with E-state index in [1.54, 1.807) is 11.3 Å². The van der Waals surface area contributed by atoms with Crippen LogP contribution in [0, 0.1) is 0 Å². The molecule has 1 saturated carbocycles. The minimum absolute atomic E-state index is 0.00425. The molecule has 3 rings (SSSR count). The maximum atomic E-state index is 12.4. The van der Waals surface area contributed by atoms with E-state index in [0.717, 1.165) is 19.4 Å². The van der Waals surface area contributed by atoms with E-state index in [1.165, 1.54) is 36.1 Å². The Balaban J connectivity index is 1.43. The number of rotatable bonds is 9. The van der Waals surface area contributed by atoms with Crippen LogP contribution in [-0.4, -0.2) is 34.5 Å². The van der Waals surface area contributed by atoms with Gasteiger partial charge in [-0.3, -0.25) is 4.79 Å². The van der Waals surface area contributed by atoms with Crippen LogP contribution in [0.3, 0.4) is 0 Å². The van der Waals surface area contributed by atoms with Crippen molar-refractivity contribution in [3.05, 3.63) is 58.3 Å². The molecule has 1 amide bonds. The number of thiocarbonyl (C=S) groups is 1. The van der Waals surface area contributed by atoms with E-state index in [4.69, 9.17) is 12.2 Å². The van der Waals surface area contributed by atoms with Crippen molar-refractivity contribution in [1.29, 1.82) is 0 Å². The molecule has 2 aromatic rings. The summed E-state index contributed by atoms with van der Waals surface area (Å²) in [6.07, 6.45) is 6.75. The Labute approximate surface area is 183 Å². The van der Waals surface area contributed by atoms with Crippen molar-refractivity contribution in [1.82, 2.24) is 15.5 Å². The summed E-state index contributed by atoms with van der Waals surface area (Å²) in [7, 11) is 0. The average Bonchev–Trinajstić information content (AvgIpc) is 3.43. The van der Waals surface area contributed by atoms with Crippen molar-refractivity contribution in [3.8, 4) is 0 Å². The van der Waals surface area contributed by atoms with Crippen LogP contribution in [0.4, 0.5) is 0 Å². The Kier molecular flexibility index (Phi) is 8.50. The van der Waals surface area contributed by atoms with Gasteiger partial charge in [-0.2, -0.15) is 0 Å². The van der Waals surface area contributed by atoms with Gasteiger partial charge in [0.1, 0.15) is 0 Å². The Morgan fingerprint density at radius 2 is 1.97 bits per heavy atom. The SMILES string of the molecule is C[C@H](CCc1ccccc1)NC(=O)CNC(=S)N(Cc1cccs1)C1CCCC1. The summed E-state index contributed by atoms with van der Waals surface area (Å²) in [5, 5.41) is 9.08. The molecule has 1 fully saturated rings. The van der Waals surface area contributed by atoms with Gasteiger partial charge in [0.25, 0.3) is 0 Å². The maximum absolute atomic E-state index is 12.4. The van der Waals surface area contributed by atoms with Gasteiger partial charge in [0.05, 0.1) is 13.1 Å². The standard InChI is InChI=1S/C23H31N3OS2/c1-18(13-14-19-8-3-2-4-9-19)25-22(27)16-24-23(28)26(20-10-5-6-11-20)17-21-12-7-15-29-21/h2-4,7-9,12,15,18,20H,5-6,10-11,13-14,16-17H2,1H3,(H,24,28)(H,25,27)/t18-/m1/s1. The number of nitrogens with zero attached hydrogens (tertiary/aromatic N) is 1. The molecular weight excluding hydrogens is 398 g/mol. The quantitative estimate of drug-likeness (QED) is 0.576. The third-order valence-electron chi connectivity index (χ3n) is 5.45. The minimum atomic E-state index is -0.00425. The molecule has 1 aromatic carbocycles. The van der Waals surface area contributed by atoms with Gasteiger partial charge in [0, 0.05) is 17.0 Å². The topological polar surface area (TPSA) is 44.4 Å². The lowest BCUT2D eigenvalue weighted by Gasteiger charge is -2.31. The van der Waals surface area contributed by atoms with Crippen LogP contribution >= 0.6 is 23.6 Å². The van der Waals surface area contributed by atoms with Gasteiger partial charge in [-0.05, 0) is 61.8 Å². The number of benzene rings is 1. The summed E-state index contributed by atoms with van der Waals surface area (Å²) >= 11 is 7.43. The summed E-state index contributed by atoms with van der Waals surface area (Å²) in [5.41, 5.74) is 1.30. The summed E-state index contributed by atoms with van der Waals surface area (Å²) in [6.45, 7) is 3.10. The van der Waals surface area contributed by atoms with Crippen LogP contribution in [0.15, 0.2) is 47.8 Å². The summed E-state index contributed by atoms with van der Waals surface area (Å²) < 4.78 is 0. The molecule has 0 bridgehead atoms. The van der Waals surface area contributed by atoms with Crippen molar-refractivity contribution in [3.63, 3.8) is 0 Å². The lowest BCUT2D eigenvalue weighted by atomic mass is 10.1. The van der Waals surface area contributed by atoms with E-state index < -0.39 is 0 Å². The van der Waals surface area contributed by atoms with E-state index >= 15 is 0 Å². The lowest BCUT2D eigenvalue weighted by Crippen LogP contribution is -2.48. The summed E-state index contributed by atoms with van der Waals surface area (Å²) in [5.74, 6) is -0.00425. The normalized spacial score (nSPS) is 15.1. The highest BCUT2D eigenvalue weighted by Crippen LogP contribution is 2.26. The molecule has 0 radical (unpaired) electrons. The predicted octanol–water partition coefficient (Wildman–Crippen LogP) is 4.50. The van der Waals surface area contributed by atoms with E-state index in [9.17, 15) is 4.79 Å². The van der Waals surface area contributed by atoms with Crippen LogP contribution < -0.4 is 10.6 Å². The van der Waals surface area contributed by atoms with E-state index in [2.05, 4.69) is 64.2 Å². The second-order valence-electron chi connectivity index (χ2n) is 7.80. The Morgan fingerprint density at radius 1 is 1.21 bits per heavy atom. The van der Waals surface area contributed by atoms with Gasteiger partial charge in [-0.1, -0.05) is 49.2 Å².